The number of hydrogen-bond donors (Lipinski definition) is 1. The van der Waals surface area contributed by atoms with Crippen molar-refractivity contribution in [3.63, 3.8) is 0 Å². The largest absolute Gasteiger partial charge is 0.352 e. The zero-order chi connectivity index (χ0) is 15.8. The first-order valence-corrected chi connectivity index (χ1v) is 7.21. The number of amides is 2. The molecular weight excluding hydrogens is 271 g/mol. The van der Waals surface area contributed by atoms with Crippen molar-refractivity contribution in [3.05, 3.63) is 35.6 Å². The van der Waals surface area contributed by atoms with Gasteiger partial charge in [0.2, 0.25) is 11.8 Å². The maximum Gasteiger partial charge on any atom is 0.239 e. The summed E-state index contributed by atoms with van der Waals surface area (Å²) >= 11 is 0. The van der Waals surface area contributed by atoms with Gasteiger partial charge in [-0.25, -0.2) is 4.39 Å². The van der Waals surface area contributed by atoms with Crippen LogP contribution in [-0.2, 0) is 16.0 Å². The van der Waals surface area contributed by atoms with Crippen molar-refractivity contribution in [3.8, 4) is 0 Å². The Morgan fingerprint density at radius 1 is 1.29 bits per heavy atom. The van der Waals surface area contributed by atoms with Crippen LogP contribution in [0.15, 0.2) is 24.3 Å². The van der Waals surface area contributed by atoms with Crippen molar-refractivity contribution < 1.29 is 14.0 Å². The van der Waals surface area contributed by atoms with Crippen LogP contribution >= 0.6 is 0 Å². The summed E-state index contributed by atoms with van der Waals surface area (Å²) in [6.45, 7) is 5.85. The Balaban J connectivity index is 2.52. The molecule has 1 aromatic carbocycles. The lowest BCUT2D eigenvalue weighted by Gasteiger charge is -2.21. The van der Waals surface area contributed by atoms with Crippen molar-refractivity contribution in [2.75, 3.05) is 13.1 Å². The van der Waals surface area contributed by atoms with Crippen LogP contribution in [0.5, 0.6) is 0 Å². The predicted molar refractivity (Wildman–Crippen MR) is 80.3 cm³/mol. The molecule has 0 radical (unpaired) electrons. The highest BCUT2D eigenvalue weighted by Crippen LogP contribution is 2.05. The summed E-state index contributed by atoms with van der Waals surface area (Å²) in [5, 5.41) is 2.84. The molecule has 0 spiro atoms. The summed E-state index contributed by atoms with van der Waals surface area (Å²) in [5.41, 5.74) is 0.935. The van der Waals surface area contributed by atoms with Gasteiger partial charge >= 0.3 is 0 Å². The van der Waals surface area contributed by atoms with Crippen LogP contribution in [-0.4, -0.2) is 35.8 Å². The van der Waals surface area contributed by atoms with E-state index < -0.39 is 0 Å². The number of hydrogen-bond acceptors (Lipinski definition) is 2. The molecule has 5 heteroatoms. The van der Waals surface area contributed by atoms with Gasteiger partial charge in [-0.15, -0.1) is 0 Å². The average Bonchev–Trinajstić information content (AvgIpc) is 2.44. The van der Waals surface area contributed by atoms with Gasteiger partial charge in [0.1, 0.15) is 5.82 Å². The third-order valence-corrected chi connectivity index (χ3v) is 3.38. The third-order valence-electron chi connectivity index (χ3n) is 3.38. The fraction of sp³-hybridized carbons (Fsp3) is 0.500. The van der Waals surface area contributed by atoms with Gasteiger partial charge in [-0.2, -0.15) is 0 Å². The standard InChI is InChI=1S/C16H23FN2O2/c1-4-12(2)18-16(21)11-19(13(3)20)10-9-14-5-7-15(17)8-6-14/h5-8,12H,4,9-11H2,1-3H3,(H,18,21). The Hall–Kier alpha value is -1.91. The van der Waals surface area contributed by atoms with Crippen LogP contribution in [0.25, 0.3) is 0 Å². The van der Waals surface area contributed by atoms with E-state index >= 15 is 0 Å². The number of benzene rings is 1. The first-order chi connectivity index (χ1) is 9.92. The van der Waals surface area contributed by atoms with E-state index in [4.69, 9.17) is 0 Å². The average molecular weight is 294 g/mol. The number of carbonyl (C=O) groups is 2. The second kappa shape index (κ2) is 8.39. The molecule has 21 heavy (non-hydrogen) atoms. The summed E-state index contributed by atoms with van der Waals surface area (Å²) in [7, 11) is 0. The quantitative estimate of drug-likeness (QED) is 0.837. The van der Waals surface area contributed by atoms with Gasteiger partial charge in [0.15, 0.2) is 0 Å². The highest BCUT2D eigenvalue weighted by atomic mass is 19.1. The Morgan fingerprint density at radius 2 is 1.90 bits per heavy atom. The molecule has 0 bridgehead atoms. The molecule has 1 N–H and O–H groups in total. The van der Waals surface area contributed by atoms with Crippen LogP contribution in [0.4, 0.5) is 4.39 Å². The molecule has 1 aromatic rings. The van der Waals surface area contributed by atoms with Crippen LogP contribution in [0.2, 0.25) is 0 Å². The lowest BCUT2D eigenvalue weighted by atomic mass is 10.1. The monoisotopic (exact) mass is 294 g/mol. The Kier molecular flexibility index (Phi) is 6.85. The Morgan fingerprint density at radius 3 is 2.43 bits per heavy atom. The summed E-state index contributed by atoms with van der Waals surface area (Å²) in [6.07, 6.45) is 1.44. The normalized spacial score (nSPS) is 11.8. The third kappa shape index (κ3) is 6.38. The van der Waals surface area contributed by atoms with Gasteiger partial charge in [-0.1, -0.05) is 19.1 Å². The Bertz CT molecular complexity index is 474. The van der Waals surface area contributed by atoms with Gasteiger partial charge in [0.05, 0.1) is 6.54 Å². The molecule has 0 fully saturated rings. The molecule has 4 nitrogen and oxygen atoms in total. The summed E-state index contributed by atoms with van der Waals surface area (Å²) < 4.78 is 12.8. The van der Waals surface area contributed by atoms with Gasteiger partial charge in [0.25, 0.3) is 0 Å². The maximum absolute atomic E-state index is 12.8. The zero-order valence-electron chi connectivity index (χ0n) is 12.9. The SMILES string of the molecule is CCC(C)NC(=O)CN(CCc1ccc(F)cc1)C(C)=O. The number of halogens is 1. The molecule has 0 saturated heterocycles. The number of nitrogens with one attached hydrogen (secondary N) is 1. The van der Waals surface area contributed by atoms with Crippen molar-refractivity contribution in [1.29, 1.82) is 0 Å². The van der Waals surface area contributed by atoms with E-state index in [1.807, 2.05) is 13.8 Å². The zero-order valence-corrected chi connectivity index (χ0v) is 12.9. The second-order valence-electron chi connectivity index (χ2n) is 5.19. The van der Waals surface area contributed by atoms with E-state index in [2.05, 4.69) is 5.32 Å². The van der Waals surface area contributed by atoms with E-state index in [1.54, 1.807) is 12.1 Å². The van der Waals surface area contributed by atoms with E-state index in [9.17, 15) is 14.0 Å². The van der Waals surface area contributed by atoms with E-state index in [-0.39, 0.29) is 30.2 Å². The first-order valence-electron chi connectivity index (χ1n) is 7.21. The molecule has 0 aliphatic heterocycles. The fourth-order valence-corrected chi connectivity index (χ4v) is 1.86. The number of nitrogens with zero attached hydrogens (tertiary/aromatic N) is 1. The number of rotatable bonds is 7. The van der Waals surface area contributed by atoms with Crippen molar-refractivity contribution in [1.82, 2.24) is 10.2 Å². The van der Waals surface area contributed by atoms with E-state index in [1.165, 1.54) is 24.0 Å². The van der Waals surface area contributed by atoms with Crippen LogP contribution in [0, 0.1) is 5.82 Å². The summed E-state index contributed by atoms with van der Waals surface area (Å²) in [5.74, 6) is -0.579. The second-order valence-corrected chi connectivity index (χ2v) is 5.19. The van der Waals surface area contributed by atoms with Gasteiger partial charge in [0, 0.05) is 19.5 Å². The first kappa shape index (κ1) is 17.1. The lowest BCUT2D eigenvalue weighted by molar-refractivity contribution is -0.134. The van der Waals surface area contributed by atoms with E-state index in [0.29, 0.717) is 13.0 Å². The topological polar surface area (TPSA) is 49.4 Å². The minimum atomic E-state index is -0.282. The minimum absolute atomic E-state index is 0.0564. The predicted octanol–water partition coefficient (Wildman–Crippen LogP) is 2.13. The highest BCUT2D eigenvalue weighted by Gasteiger charge is 2.14. The molecular formula is C16H23FN2O2. The summed E-state index contributed by atoms with van der Waals surface area (Å²) in [6, 6.07) is 6.26. The fourth-order valence-electron chi connectivity index (χ4n) is 1.86. The molecule has 0 aliphatic rings. The number of carbonyl (C=O) groups excluding carboxylic acids is 2. The Labute approximate surface area is 125 Å². The van der Waals surface area contributed by atoms with Gasteiger partial charge in [-0.05, 0) is 37.5 Å². The van der Waals surface area contributed by atoms with E-state index in [0.717, 1.165) is 12.0 Å². The summed E-state index contributed by atoms with van der Waals surface area (Å²) in [4.78, 5) is 24.9. The van der Waals surface area contributed by atoms with Gasteiger partial charge < -0.3 is 10.2 Å². The smallest absolute Gasteiger partial charge is 0.239 e. The molecule has 1 atom stereocenters. The molecule has 0 saturated carbocycles. The van der Waals surface area contributed by atoms with Crippen molar-refractivity contribution >= 4 is 11.8 Å². The molecule has 1 unspecified atom stereocenters. The van der Waals surface area contributed by atoms with Crippen molar-refractivity contribution in [2.45, 2.75) is 39.7 Å². The molecule has 0 aromatic heterocycles. The molecule has 0 heterocycles. The maximum atomic E-state index is 12.8. The van der Waals surface area contributed by atoms with Crippen LogP contribution in [0.1, 0.15) is 32.8 Å². The van der Waals surface area contributed by atoms with Crippen LogP contribution in [0.3, 0.4) is 0 Å². The minimum Gasteiger partial charge on any atom is -0.352 e. The molecule has 0 aliphatic carbocycles. The van der Waals surface area contributed by atoms with Crippen LogP contribution < -0.4 is 5.32 Å². The van der Waals surface area contributed by atoms with Gasteiger partial charge in [-0.3, -0.25) is 9.59 Å². The molecule has 1 rings (SSSR count). The molecule has 2 amide bonds. The lowest BCUT2D eigenvalue weighted by Crippen LogP contribution is -2.43. The van der Waals surface area contributed by atoms with Crippen molar-refractivity contribution in [2.24, 2.45) is 0 Å². The molecule has 116 valence electrons. The highest BCUT2D eigenvalue weighted by molar-refractivity contribution is 5.83.